The summed E-state index contributed by atoms with van der Waals surface area (Å²) >= 11 is 0. The molecule has 142 valence electrons. The van der Waals surface area contributed by atoms with Gasteiger partial charge in [0.2, 0.25) is 5.91 Å². The molecule has 2 aromatic carbocycles. The van der Waals surface area contributed by atoms with Crippen LogP contribution in [-0.4, -0.2) is 18.5 Å². The standard InChI is InChI=1S/C22H25NO4/c24-21(19-8-4-5-9-20(19)22(25)26)23-17-10-12-18(13-11-17)27-15-14-16-6-2-1-3-7-16/h1-3,6-7,10-13,19-20H,4-5,8-9,14-15H2,(H,23,24)(H,25,26)/p-1/t19-,20+/m0/s1. The van der Waals surface area contributed by atoms with Gasteiger partial charge in [0.25, 0.3) is 0 Å². The highest BCUT2D eigenvalue weighted by Crippen LogP contribution is 2.31. The summed E-state index contributed by atoms with van der Waals surface area (Å²) in [6, 6.07) is 17.3. The van der Waals surface area contributed by atoms with Crippen LogP contribution in [0.25, 0.3) is 0 Å². The average Bonchev–Trinajstić information content (AvgIpc) is 2.70. The molecule has 0 unspecified atom stereocenters. The van der Waals surface area contributed by atoms with E-state index in [0.29, 0.717) is 25.1 Å². The summed E-state index contributed by atoms with van der Waals surface area (Å²) in [7, 11) is 0. The van der Waals surface area contributed by atoms with Crippen molar-refractivity contribution in [2.45, 2.75) is 32.1 Å². The topological polar surface area (TPSA) is 78.5 Å². The molecule has 1 amide bonds. The van der Waals surface area contributed by atoms with Crippen molar-refractivity contribution in [1.82, 2.24) is 0 Å². The number of amides is 1. The summed E-state index contributed by atoms with van der Waals surface area (Å²) in [5.74, 6) is -1.86. The van der Waals surface area contributed by atoms with Crippen LogP contribution in [0, 0.1) is 11.8 Å². The van der Waals surface area contributed by atoms with E-state index in [2.05, 4.69) is 17.4 Å². The number of carbonyl (C=O) groups excluding carboxylic acids is 2. The Labute approximate surface area is 159 Å². The Hall–Kier alpha value is -2.82. The molecular formula is C22H24NO4-. The lowest BCUT2D eigenvalue weighted by molar-refractivity contribution is -0.313. The summed E-state index contributed by atoms with van der Waals surface area (Å²) < 4.78 is 5.74. The number of hydrogen-bond donors (Lipinski definition) is 1. The minimum Gasteiger partial charge on any atom is -0.550 e. The number of carboxylic acids is 1. The Bertz CT molecular complexity index is 758. The fourth-order valence-corrected chi connectivity index (χ4v) is 3.53. The maximum absolute atomic E-state index is 12.5. The number of benzene rings is 2. The second-order valence-electron chi connectivity index (χ2n) is 6.91. The summed E-state index contributed by atoms with van der Waals surface area (Å²) in [6.07, 6.45) is 3.62. The van der Waals surface area contributed by atoms with Gasteiger partial charge >= 0.3 is 0 Å². The third-order valence-electron chi connectivity index (χ3n) is 5.03. The van der Waals surface area contributed by atoms with Crippen LogP contribution in [-0.2, 0) is 16.0 Å². The van der Waals surface area contributed by atoms with Crippen molar-refractivity contribution in [3.8, 4) is 5.75 Å². The first-order valence-electron chi connectivity index (χ1n) is 9.42. The summed E-state index contributed by atoms with van der Waals surface area (Å²) in [4.78, 5) is 23.7. The molecule has 0 radical (unpaired) electrons. The first-order chi connectivity index (χ1) is 13.1. The van der Waals surface area contributed by atoms with Gasteiger partial charge in [0.15, 0.2) is 0 Å². The number of carbonyl (C=O) groups is 2. The lowest BCUT2D eigenvalue weighted by Gasteiger charge is -2.31. The molecule has 0 aliphatic heterocycles. The molecule has 0 aromatic heterocycles. The van der Waals surface area contributed by atoms with Gasteiger partial charge in [0.1, 0.15) is 5.75 Å². The van der Waals surface area contributed by atoms with Crippen LogP contribution in [0.3, 0.4) is 0 Å². The predicted octanol–water partition coefficient (Wildman–Crippen LogP) is 2.80. The van der Waals surface area contributed by atoms with Crippen LogP contribution in [0.5, 0.6) is 5.75 Å². The number of nitrogens with one attached hydrogen (secondary N) is 1. The molecule has 1 aliphatic carbocycles. The molecule has 1 N–H and O–H groups in total. The Balaban J connectivity index is 1.51. The van der Waals surface area contributed by atoms with Gasteiger partial charge in [0.05, 0.1) is 6.61 Å². The van der Waals surface area contributed by atoms with Crippen LogP contribution < -0.4 is 15.2 Å². The zero-order chi connectivity index (χ0) is 19.1. The molecule has 1 saturated carbocycles. The highest BCUT2D eigenvalue weighted by Gasteiger charge is 2.31. The Morgan fingerprint density at radius 3 is 2.30 bits per heavy atom. The van der Waals surface area contributed by atoms with E-state index in [4.69, 9.17) is 4.74 Å². The molecule has 0 spiro atoms. The van der Waals surface area contributed by atoms with E-state index in [9.17, 15) is 14.7 Å². The largest absolute Gasteiger partial charge is 0.550 e. The van der Waals surface area contributed by atoms with E-state index in [-0.39, 0.29) is 5.91 Å². The van der Waals surface area contributed by atoms with Crippen LogP contribution in [0.1, 0.15) is 31.2 Å². The number of aliphatic carboxylic acids is 1. The maximum Gasteiger partial charge on any atom is 0.228 e. The average molecular weight is 366 g/mol. The normalized spacial score (nSPS) is 19.3. The number of anilines is 1. The second kappa shape index (κ2) is 9.21. The maximum atomic E-state index is 12.5. The second-order valence-corrected chi connectivity index (χ2v) is 6.91. The summed E-state index contributed by atoms with van der Waals surface area (Å²) in [5, 5.41) is 14.1. The molecular weight excluding hydrogens is 342 g/mol. The third-order valence-corrected chi connectivity index (χ3v) is 5.03. The number of ether oxygens (including phenoxy) is 1. The van der Waals surface area contributed by atoms with Gasteiger partial charge in [-0.2, -0.15) is 0 Å². The molecule has 5 nitrogen and oxygen atoms in total. The molecule has 1 aliphatic rings. The van der Waals surface area contributed by atoms with Gasteiger partial charge in [-0.15, -0.1) is 0 Å². The van der Waals surface area contributed by atoms with Gasteiger partial charge < -0.3 is 20.0 Å². The van der Waals surface area contributed by atoms with Crippen LogP contribution in [0.15, 0.2) is 54.6 Å². The number of rotatable bonds is 7. The van der Waals surface area contributed by atoms with Crippen molar-refractivity contribution >= 4 is 17.6 Å². The van der Waals surface area contributed by atoms with Crippen molar-refractivity contribution in [3.05, 3.63) is 60.2 Å². The lowest BCUT2D eigenvalue weighted by Crippen LogP contribution is -2.42. The van der Waals surface area contributed by atoms with Crippen molar-refractivity contribution < 1.29 is 19.4 Å². The smallest absolute Gasteiger partial charge is 0.228 e. The molecule has 27 heavy (non-hydrogen) atoms. The van der Waals surface area contributed by atoms with Crippen molar-refractivity contribution in [2.75, 3.05) is 11.9 Å². The zero-order valence-electron chi connectivity index (χ0n) is 15.2. The van der Waals surface area contributed by atoms with E-state index in [0.717, 1.165) is 25.0 Å². The molecule has 0 bridgehead atoms. The zero-order valence-corrected chi connectivity index (χ0v) is 15.2. The van der Waals surface area contributed by atoms with Crippen molar-refractivity contribution in [3.63, 3.8) is 0 Å². The van der Waals surface area contributed by atoms with E-state index < -0.39 is 17.8 Å². The minimum absolute atomic E-state index is 0.248. The summed E-state index contributed by atoms with van der Waals surface area (Å²) in [6.45, 7) is 0.574. The van der Waals surface area contributed by atoms with Crippen LogP contribution in [0.2, 0.25) is 0 Å². The first-order valence-corrected chi connectivity index (χ1v) is 9.42. The number of hydrogen-bond acceptors (Lipinski definition) is 4. The molecule has 1 fully saturated rings. The molecule has 2 aromatic rings. The monoisotopic (exact) mass is 366 g/mol. The summed E-state index contributed by atoms with van der Waals surface area (Å²) in [5.41, 5.74) is 1.86. The van der Waals surface area contributed by atoms with Gasteiger partial charge in [-0.05, 0) is 42.7 Å². The van der Waals surface area contributed by atoms with Gasteiger partial charge in [-0.3, -0.25) is 4.79 Å². The molecule has 0 saturated heterocycles. The van der Waals surface area contributed by atoms with E-state index in [1.165, 1.54) is 5.56 Å². The van der Waals surface area contributed by atoms with Crippen molar-refractivity contribution in [1.29, 1.82) is 0 Å². The highest BCUT2D eigenvalue weighted by atomic mass is 16.5. The Morgan fingerprint density at radius 1 is 0.963 bits per heavy atom. The third kappa shape index (κ3) is 5.33. The van der Waals surface area contributed by atoms with Gasteiger partial charge in [-0.1, -0.05) is 43.2 Å². The molecule has 0 heterocycles. The molecule has 3 rings (SSSR count). The lowest BCUT2D eigenvalue weighted by atomic mass is 9.78. The SMILES string of the molecule is O=C(Nc1ccc(OCCc2ccccc2)cc1)[C@H]1CCCC[C@H]1C(=O)[O-]. The Kier molecular flexibility index (Phi) is 6.47. The fraction of sp³-hybridized carbons (Fsp3) is 0.364. The van der Waals surface area contributed by atoms with Crippen LogP contribution >= 0.6 is 0 Å². The van der Waals surface area contributed by atoms with Crippen molar-refractivity contribution in [2.24, 2.45) is 11.8 Å². The fourth-order valence-electron chi connectivity index (χ4n) is 3.53. The Morgan fingerprint density at radius 2 is 1.63 bits per heavy atom. The molecule has 5 heteroatoms. The minimum atomic E-state index is -1.13. The van der Waals surface area contributed by atoms with Crippen LogP contribution in [0.4, 0.5) is 5.69 Å². The van der Waals surface area contributed by atoms with Gasteiger partial charge in [0, 0.05) is 29.9 Å². The number of carboxylic acid groups (broad SMARTS) is 1. The molecule has 2 atom stereocenters. The van der Waals surface area contributed by atoms with E-state index in [1.807, 2.05) is 18.2 Å². The van der Waals surface area contributed by atoms with E-state index >= 15 is 0 Å². The quantitative estimate of drug-likeness (QED) is 0.817. The van der Waals surface area contributed by atoms with Gasteiger partial charge in [-0.25, -0.2) is 0 Å². The first kappa shape index (κ1) is 19.0. The predicted molar refractivity (Wildman–Crippen MR) is 101 cm³/mol. The van der Waals surface area contributed by atoms with E-state index in [1.54, 1.807) is 24.3 Å². The highest BCUT2D eigenvalue weighted by molar-refractivity contribution is 5.95.